The SMILES string of the molecule is CC1CC(C)C(C)N(CC(N)c2ccc3c(c2)OCO3)C1. The van der Waals surface area contributed by atoms with Gasteiger partial charge in [-0.05, 0) is 42.9 Å². The second-order valence-corrected chi connectivity index (χ2v) is 6.73. The Kier molecular flexibility index (Phi) is 4.09. The lowest BCUT2D eigenvalue weighted by atomic mass is 9.85. The number of nitrogens with two attached hydrogens (primary N) is 1. The van der Waals surface area contributed by atoms with Crippen LogP contribution < -0.4 is 15.2 Å². The number of likely N-dealkylation sites (tertiary alicyclic amines) is 1. The van der Waals surface area contributed by atoms with Crippen LogP contribution in [0.5, 0.6) is 11.5 Å². The lowest BCUT2D eigenvalue weighted by Crippen LogP contribution is -2.48. The molecule has 21 heavy (non-hydrogen) atoms. The van der Waals surface area contributed by atoms with Gasteiger partial charge in [0.2, 0.25) is 6.79 Å². The van der Waals surface area contributed by atoms with Gasteiger partial charge in [0, 0.05) is 25.2 Å². The fourth-order valence-electron chi connectivity index (χ4n) is 3.58. The zero-order valence-corrected chi connectivity index (χ0v) is 13.2. The van der Waals surface area contributed by atoms with Crippen molar-refractivity contribution in [2.24, 2.45) is 17.6 Å². The van der Waals surface area contributed by atoms with Crippen molar-refractivity contribution >= 4 is 0 Å². The Morgan fingerprint density at radius 3 is 2.81 bits per heavy atom. The zero-order chi connectivity index (χ0) is 15.0. The molecule has 4 heteroatoms. The molecule has 2 N–H and O–H groups in total. The van der Waals surface area contributed by atoms with Crippen LogP contribution in [0, 0.1) is 11.8 Å². The largest absolute Gasteiger partial charge is 0.454 e. The molecule has 4 unspecified atom stereocenters. The summed E-state index contributed by atoms with van der Waals surface area (Å²) in [6.07, 6.45) is 1.32. The Morgan fingerprint density at radius 1 is 1.24 bits per heavy atom. The van der Waals surface area contributed by atoms with Crippen molar-refractivity contribution in [3.05, 3.63) is 23.8 Å². The Hall–Kier alpha value is -1.26. The van der Waals surface area contributed by atoms with Gasteiger partial charge in [-0.15, -0.1) is 0 Å². The number of rotatable bonds is 3. The van der Waals surface area contributed by atoms with Crippen LogP contribution in [0.15, 0.2) is 18.2 Å². The second-order valence-electron chi connectivity index (χ2n) is 6.73. The molecule has 3 rings (SSSR count). The van der Waals surface area contributed by atoms with Gasteiger partial charge < -0.3 is 15.2 Å². The van der Waals surface area contributed by atoms with Crippen LogP contribution in [0.3, 0.4) is 0 Å². The van der Waals surface area contributed by atoms with Crippen molar-refractivity contribution in [1.82, 2.24) is 4.90 Å². The average Bonchev–Trinajstić information content (AvgIpc) is 2.91. The molecule has 0 saturated carbocycles. The van der Waals surface area contributed by atoms with Crippen molar-refractivity contribution in [3.8, 4) is 11.5 Å². The maximum absolute atomic E-state index is 6.43. The highest BCUT2D eigenvalue weighted by molar-refractivity contribution is 5.45. The molecule has 4 nitrogen and oxygen atoms in total. The van der Waals surface area contributed by atoms with Gasteiger partial charge in [0.15, 0.2) is 11.5 Å². The minimum absolute atomic E-state index is 0.0134. The summed E-state index contributed by atoms with van der Waals surface area (Å²) in [5, 5.41) is 0. The van der Waals surface area contributed by atoms with E-state index in [-0.39, 0.29) is 6.04 Å². The van der Waals surface area contributed by atoms with E-state index >= 15 is 0 Å². The Labute approximate surface area is 127 Å². The van der Waals surface area contributed by atoms with E-state index in [9.17, 15) is 0 Å². The molecular weight excluding hydrogens is 264 g/mol. The Bertz CT molecular complexity index is 506. The normalized spacial score (nSPS) is 30.4. The summed E-state index contributed by atoms with van der Waals surface area (Å²) in [5.41, 5.74) is 7.56. The maximum atomic E-state index is 6.43. The first-order chi connectivity index (χ1) is 10.0. The molecule has 2 aliphatic heterocycles. The third kappa shape index (κ3) is 3.01. The minimum Gasteiger partial charge on any atom is -0.454 e. The molecule has 0 aromatic heterocycles. The average molecular weight is 290 g/mol. The number of hydrogen-bond donors (Lipinski definition) is 1. The van der Waals surface area contributed by atoms with E-state index < -0.39 is 0 Å². The van der Waals surface area contributed by atoms with E-state index in [1.165, 1.54) is 6.42 Å². The van der Waals surface area contributed by atoms with Gasteiger partial charge in [0.05, 0.1) is 0 Å². The van der Waals surface area contributed by atoms with Crippen LogP contribution in [0.25, 0.3) is 0 Å². The summed E-state index contributed by atoms with van der Waals surface area (Å²) in [6.45, 7) is 9.36. The van der Waals surface area contributed by atoms with Crippen molar-refractivity contribution < 1.29 is 9.47 Å². The fourth-order valence-corrected chi connectivity index (χ4v) is 3.58. The van der Waals surface area contributed by atoms with Crippen LogP contribution in [-0.4, -0.2) is 30.8 Å². The predicted octanol–water partition coefficient (Wildman–Crippen LogP) is 2.78. The lowest BCUT2D eigenvalue weighted by Gasteiger charge is -2.42. The van der Waals surface area contributed by atoms with E-state index in [4.69, 9.17) is 15.2 Å². The van der Waals surface area contributed by atoms with Gasteiger partial charge in [0.1, 0.15) is 0 Å². The molecule has 4 atom stereocenters. The van der Waals surface area contributed by atoms with Crippen LogP contribution in [0.1, 0.15) is 38.8 Å². The van der Waals surface area contributed by atoms with E-state index in [0.717, 1.165) is 42.0 Å². The van der Waals surface area contributed by atoms with Crippen molar-refractivity contribution in [1.29, 1.82) is 0 Å². The quantitative estimate of drug-likeness (QED) is 0.930. The summed E-state index contributed by atoms with van der Waals surface area (Å²) in [4.78, 5) is 2.54. The molecule has 1 aromatic rings. The van der Waals surface area contributed by atoms with E-state index in [0.29, 0.717) is 12.8 Å². The topological polar surface area (TPSA) is 47.7 Å². The molecule has 1 fully saturated rings. The van der Waals surface area contributed by atoms with Crippen LogP contribution in [0.4, 0.5) is 0 Å². The standard InChI is InChI=1S/C17H26N2O2/c1-11-6-12(2)13(3)19(8-11)9-15(18)14-4-5-16-17(7-14)21-10-20-16/h4-5,7,11-13,15H,6,8-10,18H2,1-3H3. The minimum atomic E-state index is 0.0134. The summed E-state index contributed by atoms with van der Waals surface area (Å²) in [7, 11) is 0. The highest BCUT2D eigenvalue weighted by Gasteiger charge is 2.30. The van der Waals surface area contributed by atoms with E-state index in [1.807, 2.05) is 12.1 Å². The van der Waals surface area contributed by atoms with Gasteiger partial charge in [-0.1, -0.05) is 19.9 Å². The zero-order valence-electron chi connectivity index (χ0n) is 13.2. The van der Waals surface area contributed by atoms with Gasteiger partial charge in [-0.2, -0.15) is 0 Å². The predicted molar refractivity (Wildman–Crippen MR) is 83.5 cm³/mol. The van der Waals surface area contributed by atoms with Crippen molar-refractivity contribution in [2.45, 2.75) is 39.3 Å². The van der Waals surface area contributed by atoms with Crippen LogP contribution >= 0.6 is 0 Å². The Balaban J connectivity index is 1.69. The summed E-state index contributed by atoms with van der Waals surface area (Å²) < 4.78 is 10.8. The summed E-state index contributed by atoms with van der Waals surface area (Å²) >= 11 is 0. The number of piperidine rings is 1. The van der Waals surface area contributed by atoms with Crippen molar-refractivity contribution in [3.63, 3.8) is 0 Å². The molecule has 116 valence electrons. The molecule has 0 bridgehead atoms. The first-order valence-electron chi connectivity index (χ1n) is 7.93. The van der Waals surface area contributed by atoms with Gasteiger partial charge >= 0.3 is 0 Å². The summed E-state index contributed by atoms with van der Waals surface area (Å²) in [6, 6.07) is 6.65. The molecule has 2 heterocycles. The molecule has 0 spiro atoms. The fraction of sp³-hybridized carbons (Fsp3) is 0.647. The van der Waals surface area contributed by atoms with Gasteiger partial charge in [0.25, 0.3) is 0 Å². The molecule has 0 aliphatic carbocycles. The molecule has 1 aromatic carbocycles. The summed E-state index contributed by atoms with van der Waals surface area (Å²) in [5.74, 6) is 3.12. The highest BCUT2D eigenvalue weighted by atomic mass is 16.7. The third-order valence-corrected chi connectivity index (χ3v) is 4.98. The third-order valence-electron chi connectivity index (χ3n) is 4.98. The van der Waals surface area contributed by atoms with Crippen molar-refractivity contribution in [2.75, 3.05) is 19.9 Å². The van der Waals surface area contributed by atoms with E-state index in [2.05, 4.69) is 31.7 Å². The number of nitrogens with zero attached hydrogens (tertiary/aromatic N) is 1. The van der Waals surface area contributed by atoms with Crippen LogP contribution in [0.2, 0.25) is 0 Å². The van der Waals surface area contributed by atoms with Crippen LogP contribution in [-0.2, 0) is 0 Å². The molecule has 1 saturated heterocycles. The monoisotopic (exact) mass is 290 g/mol. The van der Waals surface area contributed by atoms with E-state index in [1.54, 1.807) is 0 Å². The first-order valence-corrected chi connectivity index (χ1v) is 7.93. The molecule has 0 radical (unpaired) electrons. The number of hydrogen-bond acceptors (Lipinski definition) is 4. The number of ether oxygens (including phenoxy) is 2. The number of benzene rings is 1. The highest BCUT2D eigenvalue weighted by Crippen LogP contribution is 2.34. The maximum Gasteiger partial charge on any atom is 0.231 e. The van der Waals surface area contributed by atoms with Gasteiger partial charge in [-0.3, -0.25) is 4.90 Å². The molecule has 2 aliphatic rings. The molecule has 0 amide bonds. The Morgan fingerprint density at radius 2 is 2.00 bits per heavy atom. The number of fused-ring (bicyclic) bond motifs is 1. The first kappa shape index (κ1) is 14.7. The molecular formula is C17H26N2O2. The smallest absolute Gasteiger partial charge is 0.231 e. The second kappa shape index (κ2) is 5.85. The lowest BCUT2D eigenvalue weighted by molar-refractivity contribution is 0.0741. The van der Waals surface area contributed by atoms with Gasteiger partial charge in [-0.25, -0.2) is 0 Å².